The van der Waals surface area contributed by atoms with Crippen molar-refractivity contribution in [2.24, 2.45) is 0 Å². The molecule has 0 aliphatic carbocycles. The monoisotopic (exact) mass is 244 g/mol. The molecule has 0 unspecified atom stereocenters. The fraction of sp³-hybridized carbons (Fsp3) is 0.267. The van der Waals surface area contributed by atoms with Crippen LogP contribution in [0.15, 0.2) is 42.7 Å². The molecule has 18 heavy (non-hydrogen) atoms. The van der Waals surface area contributed by atoms with Crippen molar-refractivity contribution in [1.82, 2.24) is 10.3 Å². The van der Waals surface area contributed by atoms with Crippen LogP contribution in [0.25, 0.3) is 11.1 Å². The van der Waals surface area contributed by atoms with E-state index in [1.54, 1.807) is 18.5 Å². The molecule has 0 radical (unpaired) electrons. The molecule has 94 valence electrons. The Morgan fingerprint density at radius 1 is 1.11 bits per heavy atom. The van der Waals surface area contributed by atoms with E-state index in [1.165, 1.54) is 6.07 Å². The van der Waals surface area contributed by atoms with Crippen molar-refractivity contribution in [3.05, 3.63) is 54.1 Å². The van der Waals surface area contributed by atoms with Crippen molar-refractivity contribution in [2.45, 2.75) is 19.9 Å². The standard InChI is InChI=1S/C15H17FN2/c1-2-7-18-11-14-10-13(3-4-15(14)16)12-5-8-17-9-6-12/h3-6,8-10,18H,2,7,11H2,1H3. The zero-order valence-corrected chi connectivity index (χ0v) is 10.5. The molecule has 0 saturated carbocycles. The van der Waals surface area contributed by atoms with Crippen LogP contribution in [-0.2, 0) is 6.54 Å². The first-order valence-corrected chi connectivity index (χ1v) is 6.21. The van der Waals surface area contributed by atoms with Crippen LogP contribution in [0.1, 0.15) is 18.9 Å². The Morgan fingerprint density at radius 2 is 1.89 bits per heavy atom. The lowest BCUT2D eigenvalue weighted by molar-refractivity contribution is 0.587. The molecule has 0 aliphatic heterocycles. The van der Waals surface area contributed by atoms with Crippen molar-refractivity contribution in [3.63, 3.8) is 0 Å². The Kier molecular flexibility index (Phi) is 4.42. The van der Waals surface area contributed by atoms with Crippen LogP contribution in [0.3, 0.4) is 0 Å². The summed E-state index contributed by atoms with van der Waals surface area (Å²) in [5.41, 5.74) is 2.78. The number of rotatable bonds is 5. The number of halogens is 1. The van der Waals surface area contributed by atoms with Crippen molar-refractivity contribution in [3.8, 4) is 11.1 Å². The molecule has 2 rings (SSSR count). The summed E-state index contributed by atoms with van der Waals surface area (Å²) in [5.74, 6) is -0.156. The van der Waals surface area contributed by atoms with Crippen molar-refractivity contribution >= 4 is 0 Å². The number of benzene rings is 1. The lowest BCUT2D eigenvalue weighted by Crippen LogP contribution is -2.14. The highest BCUT2D eigenvalue weighted by atomic mass is 19.1. The molecule has 3 heteroatoms. The highest BCUT2D eigenvalue weighted by Gasteiger charge is 2.04. The molecule has 1 N–H and O–H groups in total. The Labute approximate surface area is 107 Å². The van der Waals surface area contributed by atoms with Gasteiger partial charge in [0.25, 0.3) is 0 Å². The largest absolute Gasteiger partial charge is 0.313 e. The summed E-state index contributed by atoms with van der Waals surface area (Å²) in [4.78, 5) is 3.99. The highest BCUT2D eigenvalue weighted by Crippen LogP contribution is 2.21. The number of nitrogens with one attached hydrogen (secondary N) is 1. The second-order valence-electron chi connectivity index (χ2n) is 4.22. The number of hydrogen-bond acceptors (Lipinski definition) is 2. The average Bonchev–Trinajstić information content (AvgIpc) is 2.42. The summed E-state index contributed by atoms with van der Waals surface area (Å²) >= 11 is 0. The van der Waals surface area contributed by atoms with Gasteiger partial charge in [0.05, 0.1) is 0 Å². The maximum Gasteiger partial charge on any atom is 0.127 e. The fourth-order valence-corrected chi connectivity index (χ4v) is 1.83. The normalized spacial score (nSPS) is 10.6. The van der Waals surface area contributed by atoms with Crippen LogP contribution in [0.4, 0.5) is 4.39 Å². The second kappa shape index (κ2) is 6.26. The van der Waals surface area contributed by atoms with Crippen LogP contribution in [0.2, 0.25) is 0 Å². The lowest BCUT2D eigenvalue weighted by Gasteiger charge is -2.08. The minimum absolute atomic E-state index is 0.156. The molecule has 1 aromatic carbocycles. The molecule has 0 aliphatic rings. The van der Waals surface area contributed by atoms with Gasteiger partial charge in [-0.25, -0.2) is 4.39 Å². The van der Waals surface area contributed by atoms with Crippen LogP contribution < -0.4 is 5.32 Å². The summed E-state index contributed by atoms with van der Waals surface area (Å²) in [6.07, 6.45) is 4.53. The third-order valence-electron chi connectivity index (χ3n) is 2.80. The SMILES string of the molecule is CCCNCc1cc(-c2ccncc2)ccc1F. The third kappa shape index (κ3) is 3.14. The molecule has 1 aromatic heterocycles. The predicted molar refractivity (Wildman–Crippen MR) is 71.6 cm³/mol. The summed E-state index contributed by atoms with van der Waals surface area (Å²) in [5, 5.41) is 3.22. The summed E-state index contributed by atoms with van der Waals surface area (Å²) in [7, 11) is 0. The smallest absolute Gasteiger partial charge is 0.127 e. The van der Waals surface area contributed by atoms with Gasteiger partial charge in [-0.05, 0) is 48.4 Å². The Bertz CT molecular complexity index is 497. The van der Waals surface area contributed by atoms with E-state index in [9.17, 15) is 4.39 Å². The van der Waals surface area contributed by atoms with Crippen molar-refractivity contribution < 1.29 is 4.39 Å². The molecule has 2 aromatic rings. The number of nitrogens with zero attached hydrogens (tertiary/aromatic N) is 1. The van der Waals surface area contributed by atoms with Gasteiger partial charge in [-0.15, -0.1) is 0 Å². The van der Waals surface area contributed by atoms with Gasteiger partial charge in [0, 0.05) is 24.5 Å². The number of aromatic nitrogens is 1. The highest BCUT2D eigenvalue weighted by molar-refractivity contribution is 5.63. The fourth-order valence-electron chi connectivity index (χ4n) is 1.83. The van der Waals surface area contributed by atoms with Gasteiger partial charge in [0.15, 0.2) is 0 Å². The molecule has 0 saturated heterocycles. The third-order valence-corrected chi connectivity index (χ3v) is 2.80. The molecular formula is C15H17FN2. The van der Waals surface area contributed by atoms with Crippen LogP contribution in [-0.4, -0.2) is 11.5 Å². The van der Waals surface area contributed by atoms with Gasteiger partial charge in [-0.3, -0.25) is 4.98 Å². The van der Waals surface area contributed by atoms with Crippen LogP contribution in [0.5, 0.6) is 0 Å². The number of pyridine rings is 1. The average molecular weight is 244 g/mol. The maximum atomic E-state index is 13.7. The molecular weight excluding hydrogens is 227 g/mol. The van der Waals surface area contributed by atoms with Crippen LogP contribution >= 0.6 is 0 Å². The Morgan fingerprint density at radius 3 is 2.61 bits per heavy atom. The summed E-state index contributed by atoms with van der Waals surface area (Å²) in [6, 6.07) is 9.08. The second-order valence-corrected chi connectivity index (χ2v) is 4.22. The molecule has 0 spiro atoms. The van der Waals surface area contributed by atoms with E-state index >= 15 is 0 Å². The summed E-state index contributed by atoms with van der Waals surface area (Å²) < 4.78 is 13.7. The first-order valence-electron chi connectivity index (χ1n) is 6.21. The van der Waals surface area contributed by atoms with Crippen molar-refractivity contribution in [2.75, 3.05) is 6.54 Å². The Hall–Kier alpha value is -1.74. The van der Waals surface area contributed by atoms with Gasteiger partial charge in [-0.1, -0.05) is 13.0 Å². The van der Waals surface area contributed by atoms with Gasteiger partial charge >= 0.3 is 0 Å². The van der Waals surface area contributed by atoms with E-state index in [0.29, 0.717) is 12.1 Å². The molecule has 0 fully saturated rings. The Balaban J connectivity index is 2.21. The van der Waals surface area contributed by atoms with Gasteiger partial charge in [-0.2, -0.15) is 0 Å². The first-order chi connectivity index (χ1) is 8.81. The lowest BCUT2D eigenvalue weighted by atomic mass is 10.0. The minimum atomic E-state index is -0.156. The summed E-state index contributed by atoms with van der Waals surface area (Å²) in [6.45, 7) is 3.56. The first kappa shape index (κ1) is 12.7. The molecule has 0 bridgehead atoms. The molecule has 1 heterocycles. The zero-order chi connectivity index (χ0) is 12.8. The van der Waals surface area contributed by atoms with Gasteiger partial charge < -0.3 is 5.32 Å². The van der Waals surface area contributed by atoms with E-state index < -0.39 is 0 Å². The topological polar surface area (TPSA) is 24.9 Å². The van der Waals surface area contributed by atoms with Gasteiger partial charge in [0.1, 0.15) is 5.82 Å². The van der Waals surface area contributed by atoms with Crippen LogP contribution in [0, 0.1) is 5.82 Å². The van der Waals surface area contributed by atoms with Crippen molar-refractivity contribution in [1.29, 1.82) is 0 Å². The van der Waals surface area contributed by atoms with E-state index in [-0.39, 0.29) is 5.82 Å². The number of hydrogen-bond donors (Lipinski definition) is 1. The molecule has 2 nitrogen and oxygen atoms in total. The van der Waals surface area contributed by atoms with E-state index in [0.717, 1.165) is 24.1 Å². The quantitative estimate of drug-likeness (QED) is 0.815. The predicted octanol–water partition coefficient (Wildman–Crippen LogP) is 3.39. The minimum Gasteiger partial charge on any atom is -0.313 e. The zero-order valence-electron chi connectivity index (χ0n) is 10.5. The van der Waals surface area contributed by atoms with E-state index in [4.69, 9.17) is 0 Å². The van der Waals surface area contributed by atoms with Gasteiger partial charge in [0.2, 0.25) is 0 Å². The molecule has 0 amide bonds. The maximum absolute atomic E-state index is 13.7. The van der Waals surface area contributed by atoms with E-state index in [1.807, 2.05) is 18.2 Å². The molecule has 0 atom stereocenters. The van der Waals surface area contributed by atoms with E-state index in [2.05, 4.69) is 17.2 Å².